The highest BCUT2D eigenvalue weighted by Crippen LogP contribution is 2.30. The first-order valence-electron chi connectivity index (χ1n) is 9.26. The fourth-order valence-corrected chi connectivity index (χ4v) is 3.51. The van der Waals surface area contributed by atoms with E-state index < -0.39 is 0 Å². The number of rotatable bonds is 9. The lowest BCUT2D eigenvalue weighted by Crippen LogP contribution is -2.50. The minimum atomic E-state index is -0.246. The number of aryl methyl sites for hydroxylation is 1. The van der Waals surface area contributed by atoms with Gasteiger partial charge in [0.2, 0.25) is 0 Å². The SMILES string of the molecule is BCCc1ccc(CC2CN(CC(C)C(=O)OCCO)C2)c(C)c1O. The van der Waals surface area contributed by atoms with Gasteiger partial charge in [0.25, 0.3) is 0 Å². The Labute approximate surface area is 151 Å². The van der Waals surface area contributed by atoms with E-state index in [0.717, 1.165) is 43.4 Å². The molecule has 0 amide bonds. The molecule has 6 heteroatoms. The lowest BCUT2D eigenvalue weighted by molar-refractivity contribution is -0.150. The number of benzene rings is 1. The molecule has 138 valence electrons. The molecule has 1 atom stereocenters. The molecule has 1 saturated heterocycles. The van der Waals surface area contributed by atoms with Gasteiger partial charge in [0, 0.05) is 19.6 Å². The van der Waals surface area contributed by atoms with Crippen LogP contribution in [-0.4, -0.2) is 61.8 Å². The molecule has 5 nitrogen and oxygen atoms in total. The average molecular weight is 347 g/mol. The van der Waals surface area contributed by atoms with Crippen molar-refractivity contribution in [3.05, 3.63) is 28.8 Å². The smallest absolute Gasteiger partial charge is 0.310 e. The van der Waals surface area contributed by atoms with Crippen LogP contribution >= 0.6 is 0 Å². The third-order valence-electron chi connectivity index (χ3n) is 4.96. The summed E-state index contributed by atoms with van der Waals surface area (Å²) in [4.78, 5) is 14.0. The molecule has 0 aromatic heterocycles. The first-order chi connectivity index (χ1) is 12.0. The molecular weight excluding hydrogens is 317 g/mol. The molecule has 1 unspecified atom stereocenters. The quantitative estimate of drug-likeness (QED) is 0.514. The van der Waals surface area contributed by atoms with Crippen LogP contribution in [0, 0.1) is 18.8 Å². The van der Waals surface area contributed by atoms with E-state index in [9.17, 15) is 9.90 Å². The third-order valence-corrected chi connectivity index (χ3v) is 4.96. The van der Waals surface area contributed by atoms with Gasteiger partial charge < -0.3 is 19.8 Å². The lowest BCUT2D eigenvalue weighted by atomic mass is 9.87. The largest absolute Gasteiger partial charge is 0.507 e. The van der Waals surface area contributed by atoms with Crippen molar-refractivity contribution in [1.29, 1.82) is 0 Å². The number of esters is 1. The minimum absolute atomic E-state index is 0.0720. The van der Waals surface area contributed by atoms with E-state index in [4.69, 9.17) is 9.84 Å². The molecule has 1 fully saturated rings. The maximum Gasteiger partial charge on any atom is 0.310 e. The van der Waals surface area contributed by atoms with Crippen LogP contribution in [0.1, 0.15) is 23.6 Å². The summed E-state index contributed by atoms with van der Waals surface area (Å²) >= 11 is 0. The number of aliphatic hydroxyl groups excluding tert-OH is 1. The fourth-order valence-electron chi connectivity index (χ4n) is 3.51. The Hall–Kier alpha value is -1.53. The average Bonchev–Trinajstić information content (AvgIpc) is 2.56. The van der Waals surface area contributed by atoms with Crippen molar-refractivity contribution in [3.63, 3.8) is 0 Å². The summed E-state index contributed by atoms with van der Waals surface area (Å²) in [5.41, 5.74) is 3.26. The predicted octanol–water partition coefficient (Wildman–Crippen LogP) is 0.940. The molecule has 0 saturated carbocycles. The van der Waals surface area contributed by atoms with Crippen molar-refractivity contribution in [1.82, 2.24) is 4.90 Å². The highest BCUT2D eigenvalue weighted by Gasteiger charge is 2.30. The van der Waals surface area contributed by atoms with E-state index in [0.29, 0.717) is 18.2 Å². The number of carbonyl (C=O) groups excluding carboxylic acids is 1. The van der Waals surface area contributed by atoms with Gasteiger partial charge in [0.1, 0.15) is 20.2 Å². The molecule has 1 aliphatic heterocycles. The zero-order valence-electron chi connectivity index (χ0n) is 15.6. The van der Waals surface area contributed by atoms with Gasteiger partial charge in [-0.1, -0.05) is 25.4 Å². The Morgan fingerprint density at radius 1 is 1.40 bits per heavy atom. The Morgan fingerprint density at radius 3 is 2.72 bits per heavy atom. The Bertz CT molecular complexity index is 587. The van der Waals surface area contributed by atoms with E-state index >= 15 is 0 Å². The number of phenolic OH excluding ortho intramolecular Hbond substituents is 1. The van der Waals surface area contributed by atoms with Crippen LogP contribution in [0.25, 0.3) is 0 Å². The zero-order chi connectivity index (χ0) is 18.4. The van der Waals surface area contributed by atoms with Crippen LogP contribution in [0.15, 0.2) is 12.1 Å². The standard InChI is InChI=1S/C19H30BNO4/c1-13(19(24)25-8-7-22)10-21-11-15(12-21)9-17-4-3-16(5-6-20)18(23)14(17)2/h3-4,13,15,22-23H,5-12,20H2,1-2H3. The second-order valence-electron chi connectivity index (χ2n) is 7.19. The maximum absolute atomic E-state index is 11.7. The fraction of sp³-hybridized carbons (Fsp3) is 0.632. The van der Waals surface area contributed by atoms with Crippen LogP contribution < -0.4 is 0 Å². The number of hydrogen-bond acceptors (Lipinski definition) is 5. The number of aromatic hydroxyl groups is 1. The summed E-state index contributed by atoms with van der Waals surface area (Å²) < 4.78 is 4.96. The molecule has 2 rings (SSSR count). The second kappa shape index (κ2) is 9.25. The summed E-state index contributed by atoms with van der Waals surface area (Å²) in [5, 5.41) is 19.0. The number of aliphatic hydroxyl groups is 1. The van der Waals surface area contributed by atoms with Gasteiger partial charge >= 0.3 is 5.97 Å². The molecule has 0 radical (unpaired) electrons. The van der Waals surface area contributed by atoms with Crippen molar-refractivity contribution in [3.8, 4) is 5.75 Å². The van der Waals surface area contributed by atoms with E-state index in [2.05, 4.69) is 24.9 Å². The monoisotopic (exact) mass is 347 g/mol. The normalized spacial score (nSPS) is 16.4. The van der Waals surface area contributed by atoms with E-state index in [1.807, 2.05) is 13.8 Å². The van der Waals surface area contributed by atoms with Crippen LogP contribution in [0.2, 0.25) is 6.32 Å². The molecule has 1 aromatic carbocycles. The van der Waals surface area contributed by atoms with Crippen molar-refractivity contribution in [2.24, 2.45) is 11.8 Å². The zero-order valence-corrected chi connectivity index (χ0v) is 15.6. The van der Waals surface area contributed by atoms with Crippen LogP contribution in [0.3, 0.4) is 0 Å². The highest BCUT2D eigenvalue weighted by molar-refractivity contribution is 6.08. The van der Waals surface area contributed by atoms with Gasteiger partial charge in [-0.3, -0.25) is 4.79 Å². The number of hydrogen-bond donors (Lipinski definition) is 2. The minimum Gasteiger partial charge on any atom is -0.507 e. The maximum atomic E-state index is 11.7. The van der Waals surface area contributed by atoms with Crippen LogP contribution in [-0.2, 0) is 22.4 Å². The van der Waals surface area contributed by atoms with Gasteiger partial charge in [0.15, 0.2) is 0 Å². The van der Waals surface area contributed by atoms with Gasteiger partial charge in [-0.25, -0.2) is 0 Å². The molecular formula is C19H30BNO4. The van der Waals surface area contributed by atoms with Crippen molar-refractivity contribution in [2.75, 3.05) is 32.8 Å². The van der Waals surface area contributed by atoms with E-state index in [-0.39, 0.29) is 25.1 Å². The highest BCUT2D eigenvalue weighted by atomic mass is 16.5. The van der Waals surface area contributed by atoms with Gasteiger partial charge in [-0.05, 0) is 42.4 Å². The van der Waals surface area contributed by atoms with Crippen molar-refractivity contribution >= 4 is 13.8 Å². The van der Waals surface area contributed by atoms with Crippen molar-refractivity contribution < 1.29 is 19.7 Å². The molecule has 0 spiro atoms. The summed E-state index contributed by atoms with van der Waals surface area (Å²) in [6, 6.07) is 4.20. The number of phenols is 1. The summed E-state index contributed by atoms with van der Waals surface area (Å²) in [6.07, 6.45) is 2.91. The molecule has 1 heterocycles. The molecule has 2 N–H and O–H groups in total. The Kier molecular flexibility index (Phi) is 7.32. The summed E-state index contributed by atoms with van der Waals surface area (Å²) in [5.74, 6) is 0.600. The molecule has 1 aromatic rings. The third kappa shape index (κ3) is 5.22. The van der Waals surface area contributed by atoms with Gasteiger partial charge in [-0.2, -0.15) is 0 Å². The van der Waals surface area contributed by atoms with Gasteiger partial charge in [-0.15, -0.1) is 0 Å². The van der Waals surface area contributed by atoms with Crippen LogP contribution in [0.4, 0.5) is 0 Å². The van der Waals surface area contributed by atoms with Gasteiger partial charge in [0.05, 0.1) is 12.5 Å². The molecule has 0 aliphatic carbocycles. The number of nitrogens with zero attached hydrogens (tertiary/aromatic N) is 1. The van der Waals surface area contributed by atoms with Crippen molar-refractivity contribution in [2.45, 2.75) is 33.0 Å². The summed E-state index contributed by atoms with van der Waals surface area (Å²) in [7, 11) is 2.12. The Morgan fingerprint density at radius 2 is 2.08 bits per heavy atom. The molecule has 0 bridgehead atoms. The lowest BCUT2D eigenvalue weighted by Gasteiger charge is -2.40. The van der Waals surface area contributed by atoms with E-state index in [1.54, 1.807) is 0 Å². The molecule has 1 aliphatic rings. The first kappa shape index (κ1) is 19.8. The predicted molar refractivity (Wildman–Crippen MR) is 101 cm³/mol. The van der Waals surface area contributed by atoms with E-state index in [1.165, 1.54) is 5.56 Å². The van der Waals surface area contributed by atoms with Crippen LogP contribution in [0.5, 0.6) is 5.75 Å². The summed E-state index contributed by atoms with van der Waals surface area (Å²) in [6.45, 7) is 6.43. The number of carbonyl (C=O) groups is 1. The number of ether oxygens (including phenoxy) is 1. The molecule has 25 heavy (non-hydrogen) atoms. The second-order valence-corrected chi connectivity index (χ2v) is 7.19. The first-order valence-corrected chi connectivity index (χ1v) is 9.26. The Balaban J connectivity index is 1.80. The topological polar surface area (TPSA) is 70.0 Å². The number of likely N-dealkylation sites (tertiary alicyclic amines) is 1.